The Balaban J connectivity index is 1.56. The number of Topliss-reactive ketones (excluding diaryl/α,β-unsaturated/α-hetero) is 1. The van der Waals surface area contributed by atoms with Crippen molar-refractivity contribution in [1.29, 1.82) is 0 Å². The smallest absolute Gasteiger partial charge is 0.231 e. The second-order valence-corrected chi connectivity index (χ2v) is 7.19. The normalized spacial score (nSPS) is 13.3. The first kappa shape index (κ1) is 22.1. The summed E-state index contributed by atoms with van der Waals surface area (Å²) in [5.41, 5.74) is 2.06. The zero-order valence-corrected chi connectivity index (χ0v) is 18.8. The molecular formula is C26H24O7. The van der Waals surface area contributed by atoms with Crippen LogP contribution >= 0.6 is 0 Å². The van der Waals surface area contributed by atoms with Gasteiger partial charge in [0.15, 0.2) is 17.3 Å². The Hall–Kier alpha value is -4.13. The Kier molecular flexibility index (Phi) is 6.40. The van der Waals surface area contributed by atoms with E-state index in [1.54, 1.807) is 64.8 Å². The average molecular weight is 448 g/mol. The van der Waals surface area contributed by atoms with Crippen molar-refractivity contribution >= 4 is 11.9 Å². The molecule has 3 aromatic carbocycles. The summed E-state index contributed by atoms with van der Waals surface area (Å²) in [6.07, 6.45) is 1.62. The number of carbonyl (C=O) groups is 1. The molecule has 0 bridgehead atoms. The second kappa shape index (κ2) is 9.56. The van der Waals surface area contributed by atoms with Crippen LogP contribution in [-0.2, 0) is 6.61 Å². The number of carbonyl (C=O) groups excluding carboxylic acids is 1. The third-order valence-electron chi connectivity index (χ3n) is 5.20. The lowest BCUT2D eigenvalue weighted by molar-refractivity contribution is 0.101. The quantitative estimate of drug-likeness (QED) is 0.453. The molecule has 7 nitrogen and oxygen atoms in total. The van der Waals surface area contributed by atoms with Gasteiger partial charge in [-0.3, -0.25) is 4.79 Å². The largest absolute Gasteiger partial charge is 0.497 e. The maximum Gasteiger partial charge on any atom is 0.231 e. The number of ketones is 1. The van der Waals surface area contributed by atoms with Gasteiger partial charge in [-0.05, 0) is 42.0 Å². The number of rotatable bonds is 8. The predicted octanol–water partition coefficient (Wildman–Crippen LogP) is 4.92. The van der Waals surface area contributed by atoms with Gasteiger partial charge in [-0.1, -0.05) is 12.1 Å². The van der Waals surface area contributed by atoms with E-state index < -0.39 is 0 Å². The fourth-order valence-corrected chi connectivity index (χ4v) is 3.49. The van der Waals surface area contributed by atoms with Crippen molar-refractivity contribution in [3.8, 4) is 34.5 Å². The molecule has 0 radical (unpaired) electrons. The molecule has 0 saturated carbocycles. The number of hydrogen-bond donors (Lipinski definition) is 0. The first-order valence-corrected chi connectivity index (χ1v) is 10.2. The lowest BCUT2D eigenvalue weighted by Crippen LogP contribution is -2.00. The van der Waals surface area contributed by atoms with Crippen molar-refractivity contribution in [2.75, 3.05) is 28.4 Å². The molecule has 0 fully saturated rings. The number of allylic oxidation sites excluding steroid dienone is 1. The highest BCUT2D eigenvalue weighted by atomic mass is 16.5. The van der Waals surface area contributed by atoms with E-state index >= 15 is 0 Å². The van der Waals surface area contributed by atoms with E-state index in [0.29, 0.717) is 46.5 Å². The molecule has 1 aliphatic heterocycles. The highest BCUT2D eigenvalue weighted by Crippen LogP contribution is 2.39. The van der Waals surface area contributed by atoms with Crippen LogP contribution in [0.5, 0.6) is 34.5 Å². The Bertz CT molecular complexity index is 1210. The highest BCUT2D eigenvalue weighted by Gasteiger charge is 2.28. The first-order valence-electron chi connectivity index (χ1n) is 10.2. The van der Waals surface area contributed by atoms with E-state index in [1.807, 2.05) is 24.3 Å². The third-order valence-corrected chi connectivity index (χ3v) is 5.20. The first-order chi connectivity index (χ1) is 16.1. The van der Waals surface area contributed by atoms with Crippen LogP contribution in [0.2, 0.25) is 0 Å². The number of hydrogen-bond acceptors (Lipinski definition) is 7. The molecule has 0 unspecified atom stereocenters. The molecule has 3 aromatic rings. The predicted molar refractivity (Wildman–Crippen MR) is 123 cm³/mol. The molecule has 0 N–H and O–H groups in total. The zero-order chi connectivity index (χ0) is 23.4. The Morgan fingerprint density at radius 1 is 0.788 bits per heavy atom. The summed E-state index contributed by atoms with van der Waals surface area (Å²) in [7, 11) is 6.25. The van der Waals surface area contributed by atoms with Gasteiger partial charge < -0.3 is 28.4 Å². The van der Waals surface area contributed by atoms with E-state index in [4.69, 9.17) is 28.4 Å². The van der Waals surface area contributed by atoms with Crippen LogP contribution in [0.1, 0.15) is 21.5 Å². The van der Waals surface area contributed by atoms with Crippen LogP contribution in [0.4, 0.5) is 0 Å². The van der Waals surface area contributed by atoms with Gasteiger partial charge in [0.1, 0.15) is 29.6 Å². The topological polar surface area (TPSA) is 72.5 Å². The lowest BCUT2D eigenvalue weighted by atomic mass is 10.1. The Labute approximate surface area is 192 Å². The van der Waals surface area contributed by atoms with Gasteiger partial charge in [0.25, 0.3) is 0 Å². The molecule has 0 saturated heterocycles. The maximum atomic E-state index is 12.9. The van der Waals surface area contributed by atoms with E-state index in [9.17, 15) is 4.79 Å². The molecule has 1 heterocycles. The van der Waals surface area contributed by atoms with Crippen LogP contribution in [0.25, 0.3) is 6.08 Å². The van der Waals surface area contributed by atoms with Crippen molar-refractivity contribution in [2.24, 2.45) is 0 Å². The molecule has 1 aliphatic rings. The summed E-state index contributed by atoms with van der Waals surface area (Å²) in [6.45, 7) is 0.357. The maximum absolute atomic E-state index is 12.9. The molecular weight excluding hydrogens is 424 g/mol. The van der Waals surface area contributed by atoms with Gasteiger partial charge in [-0.2, -0.15) is 0 Å². The summed E-state index contributed by atoms with van der Waals surface area (Å²) in [5, 5.41) is 0. The summed E-state index contributed by atoms with van der Waals surface area (Å²) in [4.78, 5) is 12.9. The van der Waals surface area contributed by atoms with Crippen molar-refractivity contribution in [3.63, 3.8) is 0 Å². The van der Waals surface area contributed by atoms with Gasteiger partial charge in [0.2, 0.25) is 5.78 Å². The van der Waals surface area contributed by atoms with E-state index in [0.717, 1.165) is 11.3 Å². The standard InChI is InChI=1S/C26H24O7/c1-28-18-7-5-6-16(10-18)15-32-19-8-9-20-22(13-19)33-25(26(20)27)12-17-11-23(30-3)24(31-4)14-21(17)29-2/h5-14H,15H2,1-4H3. The van der Waals surface area contributed by atoms with Crippen molar-refractivity contribution in [1.82, 2.24) is 0 Å². The van der Waals surface area contributed by atoms with Crippen LogP contribution < -0.4 is 28.4 Å². The van der Waals surface area contributed by atoms with E-state index in [2.05, 4.69) is 0 Å². The number of benzene rings is 3. The molecule has 0 spiro atoms. The van der Waals surface area contributed by atoms with Crippen molar-refractivity contribution in [3.05, 3.63) is 77.0 Å². The highest BCUT2D eigenvalue weighted by molar-refractivity contribution is 6.14. The summed E-state index contributed by atoms with van der Waals surface area (Å²) in [6, 6.07) is 16.2. The van der Waals surface area contributed by atoms with E-state index in [1.165, 1.54) is 0 Å². The molecule has 7 heteroatoms. The molecule has 0 aromatic heterocycles. The van der Waals surface area contributed by atoms with Gasteiger partial charge >= 0.3 is 0 Å². The second-order valence-electron chi connectivity index (χ2n) is 7.19. The monoisotopic (exact) mass is 448 g/mol. The van der Waals surface area contributed by atoms with Gasteiger partial charge in [-0.25, -0.2) is 0 Å². The SMILES string of the molecule is COc1cccc(COc2ccc3c(c2)OC(=Cc2cc(OC)c(OC)cc2OC)C3=O)c1. The van der Waals surface area contributed by atoms with Crippen molar-refractivity contribution in [2.45, 2.75) is 6.61 Å². The third kappa shape index (κ3) is 4.57. The zero-order valence-electron chi connectivity index (χ0n) is 18.8. The Morgan fingerprint density at radius 2 is 1.55 bits per heavy atom. The molecule has 0 atom stereocenters. The number of methoxy groups -OCH3 is 4. The van der Waals surface area contributed by atoms with Gasteiger partial charge in [0, 0.05) is 17.7 Å². The van der Waals surface area contributed by atoms with Crippen LogP contribution in [0.15, 0.2) is 60.4 Å². The van der Waals surface area contributed by atoms with Gasteiger partial charge in [0.05, 0.1) is 34.0 Å². The van der Waals surface area contributed by atoms with Crippen molar-refractivity contribution < 1.29 is 33.2 Å². The van der Waals surface area contributed by atoms with Gasteiger partial charge in [-0.15, -0.1) is 0 Å². The average Bonchev–Trinajstić information content (AvgIpc) is 3.16. The Morgan fingerprint density at radius 3 is 2.27 bits per heavy atom. The van der Waals surface area contributed by atoms with Crippen LogP contribution in [0, 0.1) is 0 Å². The molecule has 33 heavy (non-hydrogen) atoms. The summed E-state index contributed by atoms with van der Waals surface area (Å²) in [5.74, 6) is 3.32. The molecule has 0 amide bonds. The molecule has 4 rings (SSSR count). The molecule has 170 valence electrons. The van der Waals surface area contributed by atoms with E-state index in [-0.39, 0.29) is 11.5 Å². The summed E-state index contributed by atoms with van der Waals surface area (Å²) < 4.78 is 33.1. The summed E-state index contributed by atoms with van der Waals surface area (Å²) >= 11 is 0. The van der Waals surface area contributed by atoms with Crippen LogP contribution in [0.3, 0.4) is 0 Å². The minimum atomic E-state index is -0.221. The minimum Gasteiger partial charge on any atom is -0.497 e. The van der Waals surface area contributed by atoms with Crippen LogP contribution in [-0.4, -0.2) is 34.2 Å². The fraction of sp³-hybridized carbons (Fsp3) is 0.192. The lowest BCUT2D eigenvalue weighted by Gasteiger charge is -2.12. The number of fused-ring (bicyclic) bond motifs is 1. The fourth-order valence-electron chi connectivity index (χ4n) is 3.49. The molecule has 0 aliphatic carbocycles. The number of ether oxygens (including phenoxy) is 6. The minimum absolute atomic E-state index is 0.181.